The maximum atomic E-state index is 12.9. The maximum Gasteiger partial charge on any atom is 0.315 e. The number of piperidine rings is 1. The van der Waals surface area contributed by atoms with Crippen molar-refractivity contribution in [1.29, 1.82) is 0 Å². The summed E-state index contributed by atoms with van der Waals surface area (Å²) in [5, 5.41) is 6.22. The Bertz CT molecular complexity index is 494. The van der Waals surface area contributed by atoms with Crippen LogP contribution in [0.25, 0.3) is 0 Å². The summed E-state index contributed by atoms with van der Waals surface area (Å²) in [6, 6.07) is 0.459. The molecule has 0 aromatic heterocycles. The summed E-state index contributed by atoms with van der Waals surface area (Å²) in [7, 11) is 0. The molecule has 1 heterocycles. The largest absolute Gasteiger partial charge is 0.342 e. The minimum Gasteiger partial charge on any atom is -0.342 e. The van der Waals surface area contributed by atoms with Crippen LogP contribution in [0.5, 0.6) is 0 Å². The summed E-state index contributed by atoms with van der Waals surface area (Å²) >= 11 is 0. The van der Waals surface area contributed by atoms with Crippen molar-refractivity contribution in [3.05, 3.63) is 0 Å². The second-order valence-corrected chi connectivity index (χ2v) is 8.86. The lowest BCUT2D eigenvalue weighted by Gasteiger charge is -2.42. The van der Waals surface area contributed by atoms with Crippen LogP contribution < -0.4 is 16.4 Å². The third-order valence-corrected chi connectivity index (χ3v) is 6.63. The van der Waals surface area contributed by atoms with Crippen molar-refractivity contribution in [2.24, 2.45) is 11.7 Å². The van der Waals surface area contributed by atoms with Crippen molar-refractivity contribution in [3.8, 4) is 0 Å². The molecule has 3 aliphatic rings. The van der Waals surface area contributed by atoms with Crippen molar-refractivity contribution in [3.63, 3.8) is 0 Å². The molecule has 2 aliphatic carbocycles. The summed E-state index contributed by atoms with van der Waals surface area (Å²) in [5.74, 6) is 0.176. The SMILES string of the molecule is CC1(N)CCCCC1C(=O)N1CCC(NC(=O)NC2CCCCC2)CC1. The number of nitrogens with two attached hydrogens (primary N) is 1. The summed E-state index contributed by atoms with van der Waals surface area (Å²) in [6.45, 7) is 3.47. The molecule has 0 aromatic rings. The maximum absolute atomic E-state index is 12.9. The second kappa shape index (κ2) is 8.59. The van der Waals surface area contributed by atoms with Gasteiger partial charge in [0.25, 0.3) is 0 Å². The molecule has 6 nitrogen and oxygen atoms in total. The Morgan fingerprint density at radius 3 is 2.08 bits per heavy atom. The van der Waals surface area contributed by atoms with E-state index in [9.17, 15) is 9.59 Å². The Kier molecular flexibility index (Phi) is 6.43. The average molecular weight is 365 g/mol. The first-order valence-corrected chi connectivity index (χ1v) is 10.6. The Balaban J connectivity index is 1.42. The number of urea groups is 1. The summed E-state index contributed by atoms with van der Waals surface area (Å²) < 4.78 is 0. The first-order valence-electron chi connectivity index (χ1n) is 10.6. The van der Waals surface area contributed by atoms with Gasteiger partial charge < -0.3 is 21.3 Å². The van der Waals surface area contributed by atoms with E-state index in [1.165, 1.54) is 19.3 Å². The van der Waals surface area contributed by atoms with Gasteiger partial charge in [0.15, 0.2) is 0 Å². The van der Waals surface area contributed by atoms with E-state index in [0.29, 0.717) is 6.04 Å². The van der Waals surface area contributed by atoms with Crippen molar-refractivity contribution in [2.75, 3.05) is 13.1 Å². The molecule has 26 heavy (non-hydrogen) atoms. The van der Waals surface area contributed by atoms with Crippen LogP contribution in [-0.4, -0.2) is 47.6 Å². The van der Waals surface area contributed by atoms with Crippen molar-refractivity contribution >= 4 is 11.9 Å². The van der Waals surface area contributed by atoms with Crippen LogP contribution in [0.2, 0.25) is 0 Å². The number of nitrogens with zero attached hydrogens (tertiary/aromatic N) is 1. The van der Waals surface area contributed by atoms with Gasteiger partial charge in [0.05, 0.1) is 5.92 Å². The number of rotatable bonds is 3. The normalized spacial score (nSPS) is 31.5. The fraction of sp³-hybridized carbons (Fsp3) is 0.900. The minimum absolute atomic E-state index is 0.0384. The summed E-state index contributed by atoms with van der Waals surface area (Å²) in [5.41, 5.74) is 6.03. The van der Waals surface area contributed by atoms with Crippen LogP contribution in [-0.2, 0) is 4.79 Å². The highest BCUT2D eigenvalue weighted by molar-refractivity contribution is 5.80. The predicted octanol–water partition coefficient (Wildman–Crippen LogP) is 2.52. The van der Waals surface area contributed by atoms with Gasteiger partial charge in [-0.05, 0) is 45.4 Å². The minimum atomic E-state index is -0.371. The molecule has 1 saturated heterocycles. The zero-order valence-electron chi connectivity index (χ0n) is 16.3. The molecule has 0 bridgehead atoms. The van der Waals surface area contributed by atoms with Crippen molar-refractivity contribution in [2.45, 2.75) is 95.2 Å². The molecule has 0 spiro atoms. The molecule has 4 N–H and O–H groups in total. The second-order valence-electron chi connectivity index (χ2n) is 8.86. The molecule has 2 unspecified atom stereocenters. The van der Waals surface area contributed by atoms with Gasteiger partial charge in [-0.15, -0.1) is 0 Å². The lowest BCUT2D eigenvalue weighted by Crippen LogP contribution is -2.56. The molecule has 2 atom stereocenters. The van der Waals surface area contributed by atoms with Crippen LogP contribution in [0.15, 0.2) is 0 Å². The van der Waals surface area contributed by atoms with Crippen molar-refractivity contribution < 1.29 is 9.59 Å². The Morgan fingerprint density at radius 1 is 0.885 bits per heavy atom. The number of amides is 3. The first kappa shape index (κ1) is 19.5. The third kappa shape index (κ3) is 4.90. The number of carbonyl (C=O) groups is 2. The van der Waals surface area contributed by atoms with Gasteiger partial charge >= 0.3 is 6.03 Å². The quantitative estimate of drug-likeness (QED) is 0.719. The fourth-order valence-corrected chi connectivity index (χ4v) is 4.89. The Morgan fingerprint density at radius 2 is 1.46 bits per heavy atom. The van der Waals surface area contributed by atoms with E-state index < -0.39 is 0 Å². The molecule has 2 saturated carbocycles. The predicted molar refractivity (Wildman–Crippen MR) is 103 cm³/mol. The highest BCUT2D eigenvalue weighted by atomic mass is 16.2. The van der Waals surface area contributed by atoms with Crippen LogP contribution in [0.4, 0.5) is 4.79 Å². The van der Waals surface area contributed by atoms with E-state index in [2.05, 4.69) is 10.6 Å². The van der Waals surface area contributed by atoms with Gasteiger partial charge in [0.1, 0.15) is 0 Å². The van der Waals surface area contributed by atoms with Crippen LogP contribution in [0.1, 0.15) is 77.6 Å². The molecule has 3 amide bonds. The molecular formula is C20H36N4O2. The molecule has 0 radical (unpaired) electrons. The molecule has 148 valence electrons. The number of hydrogen-bond acceptors (Lipinski definition) is 3. The van der Waals surface area contributed by atoms with E-state index in [1.807, 2.05) is 11.8 Å². The summed E-state index contributed by atoms with van der Waals surface area (Å²) in [6.07, 6.45) is 11.6. The molecule has 1 aliphatic heterocycles. The smallest absolute Gasteiger partial charge is 0.315 e. The number of hydrogen-bond donors (Lipinski definition) is 3. The molecule has 3 rings (SSSR count). The van der Waals surface area contributed by atoms with E-state index in [1.54, 1.807) is 0 Å². The molecule has 3 fully saturated rings. The standard InChI is InChI=1S/C20H36N4O2/c1-20(21)12-6-5-9-17(20)18(25)24-13-10-16(11-14-24)23-19(26)22-15-7-3-2-4-8-15/h15-17H,2-14,21H2,1H3,(H2,22,23,26). The Labute approximate surface area is 157 Å². The van der Waals surface area contributed by atoms with Gasteiger partial charge in [0, 0.05) is 30.7 Å². The van der Waals surface area contributed by atoms with Crippen molar-refractivity contribution in [1.82, 2.24) is 15.5 Å². The zero-order valence-corrected chi connectivity index (χ0v) is 16.3. The van der Waals surface area contributed by atoms with Crippen LogP contribution >= 0.6 is 0 Å². The highest BCUT2D eigenvalue weighted by Crippen LogP contribution is 2.33. The first-order chi connectivity index (χ1) is 12.5. The Hall–Kier alpha value is -1.30. The van der Waals surface area contributed by atoms with E-state index in [0.717, 1.165) is 64.5 Å². The number of nitrogens with one attached hydrogen (secondary N) is 2. The highest BCUT2D eigenvalue weighted by Gasteiger charge is 2.40. The fourth-order valence-electron chi connectivity index (χ4n) is 4.89. The number of likely N-dealkylation sites (tertiary alicyclic amines) is 1. The van der Waals surface area contributed by atoms with Gasteiger partial charge in [-0.2, -0.15) is 0 Å². The third-order valence-electron chi connectivity index (χ3n) is 6.63. The van der Waals surface area contributed by atoms with E-state index >= 15 is 0 Å². The van der Waals surface area contributed by atoms with E-state index in [-0.39, 0.29) is 29.4 Å². The lowest BCUT2D eigenvalue weighted by atomic mass is 9.74. The molecule has 0 aromatic carbocycles. The molecular weight excluding hydrogens is 328 g/mol. The summed E-state index contributed by atoms with van der Waals surface area (Å²) in [4.78, 5) is 27.1. The van der Waals surface area contributed by atoms with Gasteiger partial charge in [0.2, 0.25) is 5.91 Å². The topological polar surface area (TPSA) is 87.5 Å². The van der Waals surface area contributed by atoms with Gasteiger partial charge in [-0.25, -0.2) is 4.79 Å². The average Bonchev–Trinajstić information content (AvgIpc) is 2.62. The van der Waals surface area contributed by atoms with Crippen LogP contribution in [0.3, 0.4) is 0 Å². The monoisotopic (exact) mass is 364 g/mol. The lowest BCUT2D eigenvalue weighted by molar-refractivity contribution is -0.140. The number of carbonyl (C=O) groups excluding carboxylic acids is 2. The van der Waals surface area contributed by atoms with Gasteiger partial charge in [-0.1, -0.05) is 32.1 Å². The molecule has 6 heteroatoms. The van der Waals surface area contributed by atoms with E-state index in [4.69, 9.17) is 5.73 Å². The van der Waals surface area contributed by atoms with Crippen LogP contribution in [0, 0.1) is 5.92 Å². The van der Waals surface area contributed by atoms with Gasteiger partial charge in [-0.3, -0.25) is 4.79 Å². The zero-order chi connectivity index (χ0) is 18.6.